The first-order chi connectivity index (χ1) is 13.7. The number of hydrogen-bond acceptors (Lipinski definition) is 6. The molecule has 8 nitrogen and oxygen atoms in total. The lowest BCUT2D eigenvalue weighted by Gasteiger charge is -2.29. The van der Waals surface area contributed by atoms with Crippen molar-refractivity contribution in [3.63, 3.8) is 0 Å². The molecule has 2 N–H and O–H groups in total. The highest BCUT2D eigenvalue weighted by atomic mass is 32.2. The number of hydrogen-bond donors (Lipinski definition) is 2. The maximum atomic E-state index is 13.0. The molecule has 0 aliphatic carbocycles. The number of benzene rings is 1. The number of para-hydroxylation sites is 1. The van der Waals surface area contributed by atoms with Crippen molar-refractivity contribution < 1.29 is 13.2 Å². The predicted molar refractivity (Wildman–Crippen MR) is 112 cm³/mol. The number of sulfonamides is 1. The molecule has 0 spiro atoms. The topological polar surface area (TPSA) is 112 Å². The summed E-state index contributed by atoms with van der Waals surface area (Å²) < 4.78 is 27.4. The molecule has 0 saturated heterocycles. The van der Waals surface area contributed by atoms with Gasteiger partial charge in [-0.1, -0.05) is 18.2 Å². The van der Waals surface area contributed by atoms with Gasteiger partial charge < -0.3 is 9.88 Å². The third-order valence-corrected chi connectivity index (χ3v) is 7.29. The van der Waals surface area contributed by atoms with E-state index < -0.39 is 22.0 Å². The van der Waals surface area contributed by atoms with Crippen LogP contribution in [-0.2, 0) is 21.4 Å². The van der Waals surface area contributed by atoms with Crippen molar-refractivity contribution in [1.29, 1.82) is 0 Å². The summed E-state index contributed by atoms with van der Waals surface area (Å²) in [5.41, 5.74) is 0.252. The Morgan fingerprint density at radius 3 is 2.59 bits per heavy atom. The van der Waals surface area contributed by atoms with E-state index in [1.165, 1.54) is 17.9 Å². The summed E-state index contributed by atoms with van der Waals surface area (Å²) in [5, 5.41) is 2.12. The molecule has 2 aromatic heterocycles. The molecule has 0 saturated carbocycles. The Bertz CT molecular complexity index is 1170. The van der Waals surface area contributed by atoms with Crippen LogP contribution in [0.1, 0.15) is 26.6 Å². The van der Waals surface area contributed by atoms with Crippen LogP contribution in [0.15, 0.2) is 50.8 Å². The van der Waals surface area contributed by atoms with Gasteiger partial charge in [-0.3, -0.25) is 9.59 Å². The summed E-state index contributed by atoms with van der Waals surface area (Å²) in [6, 6.07) is 8.85. The molecule has 0 aliphatic heterocycles. The van der Waals surface area contributed by atoms with Gasteiger partial charge in [0.1, 0.15) is 10.0 Å². The van der Waals surface area contributed by atoms with Gasteiger partial charge in [0.25, 0.3) is 15.6 Å². The molecule has 1 unspecified atom stereocenters. The Kier molecular flexibility index (Phi) is 6.15. The van der Waals surface area contributed by atoms with Gasteiger partial charge in [-0.05, 0) is 44.4 Å². The number of rotatable bonds is 7. The number of H-pyrrole nitrogens is 1. The average Bonchev–Trinajstić information content (AvgIpc) is 3.21. The van der Waals surface area contributed by atoms with Crippen LogP contribution in [0.3, 0.4) is 0 Å². The summed E-state index contributed by atoms with van der Waals surface area (Å²) in [6.45, 7) is 5.19. The van der Waals surface area contributed by atoms with Crippen molar-refractivity contribution in [2.75, 3.05) is 0 Å². The molecular formula is C19H22N4O4S2. The minimum absolute atomic E-state index is 0.0572. The van der Waals surface area contributed by atoms with E-state index in [-0.39, 0.29) is 22.4 Å². The second-order valence-electron chi connectivity index (χ2n) is 6.86. The molecule has 154 valence electrons. The number of amides is 1. The summed E-state index contributed by atoms with van der Waals surface area (Å²) in [4.78, 5) is 33.9. The zero-order chi connectivity index (χ0) is 21.2. The number of carbonyl (C=O) groups excluding carboxylic acids is 1. The van der Waals surface area contributed by atoms with Crippen LogP contribution >= 0.6 is 11.3 Å². The monoisotopic (exact) mass is 434 g/mol. The molecule has 0 radical (unpaired) electrons. The number of carbonyl (C=O) groups is 1. The van der Waals surface area contributed by atoms with Crippen LogP contribution in [-0.4, -0.2) is 41.3 Å². The van der Waals surface area contributed by atoms with Crippen molar-refractivity contribution in [3.05, 3.63) is 58.0 Å². The quantitative estimate of drug-likeness (QED) is 0.591. The van der Waals surface area contributed by atoms with Gasteiger partial charge in [-0.15, -0.1) is 11.3 Å². The fourth-order valence-corrected chi connectivity index (χ4v) is 5.10. The molecule has 0 fully saturated rings. The molecule has 0 aliphatic rings. The Balaban J connectivity index is 1.82. The third kappa shape index (κ3) is 4.72. The van der Waals surface area contributed by atoms with E-state index in [1.54, 1.807) is 35.7 Å². The van der Waals surface area contributed by atoms with Gasteiger partial charge in [-0.25, -0.2) is 13.4 Å². The Hall–Kier alpha value is -2.56. The molecule has 1 aromatic carbocycles. The molecule has 3 aromatic rings. The molecule has 2 heterocycles. The van der Waals surface area contributed by atoms with E-state index in [1.807, 2.05) is 13.8 Å². The van der Waals surface area contributed by atoms with E-state index in [9.17, 15) is 18.0 Å². The molecule has 10 heteroatoms. The molecule has 3 rings (SSSR count). The van der Waals surface area contributed by atoms with E-state index in [4.69, 9.17) is 0 Å². The second-order valence-corrected chi connectivity index (χ2v) is 9.75. The lowest BCUT2D eigenvalue weighted by atomic mass is 10.2. The maximum absolute atomic E-state index is 13.0. The Labute approximate surface area is 172 Å². The molecule has 1 amide bonds. The second kappa shape index (κ2) is 8.44. The number of nitrogens with one attached hydrogen (secondary N) is 2. The summed E-state index contributed by atoms with van der Waals surface area (Å²) in [5.74, 6) is -0.0694. The van der Waals surface area contributed by atoms with Crippen molar-refractivity contribution in [1.82, 2.24) is 19.6 Å². The first-order valence-corrected chi connectivity index (χ1v) is 11.4. The zero-order valence-electron chi connectivity index (χ0n) is 16.2. The smallest absolute Gasteiger partial charge is 0.258 e. The zero-order valence-corrected chi connectivity index (χ0v) is 17.9. The van der Waals surface area contributed by atoms with Gasteiger partial charge >= 0.3 is 0 Å². The van der Waals surface area contributed by atoms with Crippen molar-refractivity contribution in [2.24, 2.45) is 0 Å². The summed E-state index contributed by atoms with van der Waals surface area (Å²) in [7, 11) is -3.78. The maximum Gasteiger partial charge on any atom is 0.258 e. The SMILES string of the molecule is CC(NS(=O)(=O)c1cccs1)C(=O)N(Cc1nc2ccccc2c(=O)[nH]1)C(C)C. The fraction of sp³-hybridized carbons (Fsp3) is 0.316. The minimum atomic E-state index is -3.78. The standard InChI is InChI=1S/C19H22N4O4S2/c1-12(2)23(11-16-20-15-8-5-4-7-14(15)18(24)21-16)19(25)13(3)22-29(26,27)17-9-6-10-28-17/h4-10,12-13,22H,11H2,1-3H3,(H,20,21,24). The highest BCUT2D eigenvalue weighted by Crippen LogP contribution is 2.17. The number of fused-ring (bicyclic) bond motifs is 1. The van der Waals surface area contributed by atoms with Crippen LogP contribution in [0.5, 0.6) is 0 Å². The van der Waals surface area contributed by atoms with E-state index in [0.717, 1.165) is 11.3 Å². The first-order valence-electron chi connectivity index (χ1n) is 9.03. The average molecular weight is 435 g/mol. The number of aromatic nitrogens is 2. The Morgan fingerprint density at radius 1 is 1.21 bits per heavy atom. The fourth-order valence-electron chi connectivity index (χ4n) is 2.89. The molecular weight excluding hydrogens is 412 g/mol. The van der Waals surface area contributed by atoms with E-state index in [0.29, 0.717) is 16.7 Å². The largest absolute Gasteiger partial charge is 0.331 e. The van der Waals surface area contributed by atoms with Gasteiger partial charge in [0.05, 0.1) is 23.5 Å². The molecule has 0 bridgehead atoms. The predicted octanol–water partition coefficient (Wildman–Crippen LogP) is 2.09. The highest BCUT2D eigenvalue weighted by molar-refractivity contribution is 7.91. The first kappa shape index (κ1) is 21.2. The van der Waals surface area contributed by atoms with Crippen LogP contribution in [0.2, 0.25) is 0 Å². The van der Waals surface area contributed by atoms with E-state index in [2.05, 4.69) is 14.7 Å². The number of aromatic amines is 1. The van der Waals surface area contributed by atoms with Gasteiger partial charge in [-0.2, -0.15) is 4.72 Å². The highest BCUT2D eigenvalue weighted by Gasteiger charge is 2.28. The van der Waals surface area contributed by atoms with Crippen molar-refractivity contribution >= 4 is 38.2 Å². The van der Waals surface area contributed by atoms with Crippen LogP contribution < -0.4 is 10.3 Å². The molecule has 29 heavy (non-hydrogen) atoms. The van der Waals surface area contributed by atoms with Gasteiger partial charge in [0.2, 0.25) is 5.91 Å². The minimum Gasteiger partial charge on any atom is -0.331 e. The van der Waals surface area contributed by atoms with Crippen LogP contribution in [0, 0.1) is 0 Å². The Morgan fingerprint density at radius 2 is 1.93 bits per heavy atom. The number of nitrogens with zero attached hydrogens (tertiary/aromatic N) is 2. The summed E-state index contributed by atoms with van der Waals surface area (Å²) >= 11 is 1.08. The summed E-state index contributed by atoms with van der Waals surface area (Å²) in [6.07, 6.45) is 0. The van der Waals surface area contributed by atoms with Crippen molar-refractivity contribution in [2.45, 2.75) is 43.6 Å². The van der Waals surface area contributed by atoms with Crippen LogP contribution in [0.4, 0.5) is 0 Å². The normalized spacial score (nSPS) is 13.0. The van der Waals surface area contributed by atoms with Crippen molar-refractivity contribution in [3.8, 4) is 0 Å². The lowest BCUT2D eigenvalue weighted by Crippen LogP contribution is -2.49. The molecule has 1 atom stereocenters. The third-order valence-electron chi connectivity index (χ3n) is 4.35. The lowest BCUT2D eigenvalue weighted by molar-refractivity contribution is -0.135. The number of thiophene rings is 1. The van der Waals surface area contributed by atoms with E-state index >= 15 is 0 Å². The van der Waals surface area contributed by atoms with Gasteiger partial charge in [0, 0.05) is 6.04 Å². The van der Waals surface area contributed by atoms with Crippen LogP contribution in [0.25, 0.3) is 10.9 Å². The van der Waals surface area contributed by atoms with Gasteiger partial charge in [0.15, 0.2) is 0 Å².